The summed E-state index contributed by atoms with van der Waals surface area (Å²) >= 11 is 0. The lowest BCUT2D eigenvalue weighted by Crippen LogP contribution is -2.36. The molecule has 1 aliphatic rings. The van der Waals surface area contributed by atoms with Gasteiger partial charge in [0.1, 0.15) is 6.04 Å². The quantitative estimate of drug-likeness (QED) is 0.808. The van der Waals surface area contributed by atoms with Crippen molar-refractivity contribution in [1.82, 2.24) is 5.32 Å². The summed E-state index contributed by atoms with van der Waals surface area (Å²) in [5, 5.41) is 6.17. The maximum absolute atomic E-state index is 12.0. The van der Waals surface area contributed by atoms with Crippen LogP contribution in [0.4, 0.5) is 11.4 Å². The van der Waals surface area contributed by atoms with Crippen LogP contribution in [0.15, 0.2) is 18.2 Å². The van der Waals surface area contributed by atoms with Gasteiger partial charge in [-0.15, -0.1) is 0 Å². The number of amides is 1. The molecule has 1 aromatic rings. The van der Waals surface area contributed by atoms with Gasteiger partial charge in [0, 0.05) is 36.6 Å². The smallest absolute Gasteiger partial charge is 0.246 e. The molecule has 2 atom stereocenters. The Labute approximate surface area is 126 Å². The fourth-order valence-electron chi connectivity index (χ4n) is 2.92. The Morgan fingerprint density at radius 2 is 2.19 bits per heavy atom. The topological polar surface area (TPSA) is 53.6 Å². The number of ether oxygens (including phenoxy) is 1. The highest BCUT2D eigenvalue weighted by atomic mass is 16.5. The number of fused-ring (bicyclic) bond motifs is 1. The van der Waals surface area contributed by atoms with Gasteiger partial charge in [0.15, 0.2) is 0 Å². The van der Waals surface area contributed by atoms with E-state index >= 15 is 0 Å². The van der Waals surface area contributed by atoms with Crippen LogP contribution in [-0.2, 0) is 9.53 Å². The van der Waals surface area contributed by atoms with Crippen LogP contribution in [0, 0.1) is 0 Å². The third kappa shape index (κ3) is 3.19. The first kappa shape index (κ1) is 15.8. The Morgan fingerprint density at radius 3 is 2.81 bits per heavy atom. The Hall–Kier alpha value is -1.59. The molecule has 2 N–H and O–H groups in total. The standard InChI is InChI=1S/C16H25N3O2/c1-5-17-15-13-8-7-12(9-14(13)18-16(15)20)19(6-2)11(3)10-21-4/h7-9,11,15,17H,5-6,10H2,1-4H3,(H,18,20). The van der Waals surface area contributed by atoms with Crippen LogP contribution >= 0.6 is 0 Å². The van der Waals surface area contributed by atoms with Gasteiger partial charge in [-0.3, -0.25) is 4.79 Å². The van der Waals surface area contributed by atoms with E-state index < -0.39 is 0 Å². The van der Waals surface area contributed by atoms with Gasteiger partial charge in [0.05, 0.1) is 6.61 Å². The summed E-state index contributed by atoms with van der Waals surface area (Å²) in [6.07, 6.45) is 0. The molecular formula is C16H25N3O2. The van der Waals surface area contributed by atoms with E-state index in [2.05, 4.69) is 41.5 Å². The molecule has 0 aromatic heterocycles. The van der Waals surface area contributed by atoms with E-state index in [0.29, 0.717) is 12.6 Å². The van der Waals surface area contributed by atoms with Gasteiger partial charge < -0.3 is 20.3 Å². The summed E-state index contributed by atoms with van der Waals surface area (Å²) in [7, 11) is 1.72. The number of carbonyl (C=O) groups is 1. The largest absolute Gasteiger partial charge is 0.383 e. The lowest BCUT2D eigenvalue weighted by Gasteiger charge is -2.30. The molecule has 0 spiro atoms. The van der Waals surface area contributed by atoms with Crippen molar-refractivity contribution in [3.8, 4) is 0 Å². The van der Waals surface area contributed by atoms with Gasteiger partial charge in [-0.25, -0.2) is 0 Å². The predicted molar refractivity (Wildman–Crippen MR) is 85.8 cm³/mol. The van der Waals surface area contributed by atoms with Crippen molar-refractivity contribution in [1.29, 1.82) is 0 Å². The van der Waals surface area contributed by atoms with Gasteiger partial charge in [0.25, 0.3) is 0 Å². The van der Waals surface area contributed by atoms with Crippen molar-refractivity contribution >= 4 is 17.3 Å². The van der Waals surface area contributed by atoms with Crippen LogP contribution in [0.1, 0.15) is 32.4 Å². The minimum absolute atomic E-state index is 0.0250. The van der Waals surface area contributed by atoms with Crippen molar-refractivity contribution in [2.75, 3.05) is 37.0 Å². The van der Waals surface area contributed by atoms with Gasteiger partial charge in [-0.1, -0.05) is 13.0 Å². The summed E-state index contributed by atoms with van der Waals surface area (Å²) < 4.78 is 5.25. The van der Waals surface area contributed by atoms with Crippen LogP contribution in [0.3, 0.4) is 0 Å². The average Bonchev–Trinajstić information content (AvgIpc) is 2.76. The van der Waals surface area contributed by atoms with E-state index in [9.17, 15) is 4.79 Å². The van der Waals surface area contributed by atoms with E-state index in [4.69, 9.17) is 4.74 Å². The van der Waals surface area contributed by atoms with E-state index in [1.54, 1.807) is 7.11 Å². The van der Waals surface area contributed by atoms with Crippen molar-refractivity contribution in [2.24, 2.45) is 0 Å². The van der Waals surface area contributed by atoms with Crippen LogP contribution in [0.2, 0.25) is 0 Å². The van der Waals surface area contributed by atoms with Crippen molar-refractivity contribution in [2.45, 2.75) is 32.9 Å². The second kappa shape index (κ2) is 6.91. The van der Waals surface area contributed by atoms with Crippen LogP contribution < -0.4 is 15.5 Å². The lowest BCUT2D eigenvalue weighted by molar-refractivity contribution is -0.117. The molecule has 0 radical (unpaired) electrons. The maximum Gasteiger partial charge on any atom is 0.246 e. The first-order valence-corrected chi connectivity index (χ1v) is 7.56. The monoisotopic (exact) mass is 291 g/mol. The van der Waals surface area contributed by atoms with Crippen molar-refractivity contribution < 1.29 is 9.53 Å². The number of methoxy groups -OCH3 is 1. The molecule has 1 amide bonds. The number of carbonyl (C=O) groups excluding carboxylic acids is 1. The summed E-state index contributed by atoms with van der Waals surface area (Å²) in [5.74, 6) is 0.0250. The van der Waals surface area contributed by atoms with E-state index in [-0.39, 0.29) is 11.9 Å². The zero-order valence-corrected chi connectivity index (χ0v) is 13.3. The Morgan fingerprint density at radius 1 is 1.43 bits per heavy atom. The minimum atomic E-state index is -0.231. The molecule has 1 heterocycles. The zero-order valence-electron chi connectivity index (χ0n) is 13.3. The number of likely N-dealkylation sites (N-methyl/N-ethyl adjacent to an activating group) is 2. The highest BCUT2D eigenvalue weighted by Crippen LogP contribution is 2.34. The third-order valence-electron chi connectivity index (χ3n) is 3.89. The molecule has 1 aromatic carbocycles. The Balaban J connectivity index is 2.25. The fraction of sp³-hybridized carbons (Fsp3) is 0.562. The Kier molecular flexibility index (Phi) is 5.20. The first-order chi connectivity index (χ1) is 10.1. The number of anilines is 2. The van der Waals surface area contributed by atoms with Crippen molar-refractivity contribution in [3.05, 3.63) is 23.8 Å². The number of nitrogens with zero attached hydrogens (tertiary/aromatic N) is 1. The molecule has 21 heavy (non-hydrogen) atoms. The summed E-state index contributed by atoms with van der Waals surface area (Å²) in [5.41, 5.74) is 3.05. The van der Waals surface area contributed by atoms with Crippen molar-refractivity contribution in [3.63, 3.8) is 0 Å². The summed E-state index contributed by atoms with van der Waals surface area (Å²) in [6.45, 7) is 8.61. The molecule has 0 saturated heterocycles. The lowest BCUT2D eigenvalue weighted by atomic mass is 10.1. The molecule has 0 fully saturated rings. The molecule has 0 bridgehead atoms. The number of hydrogen-bond donors (Lipinski definition) is 2. The molecular weight excluding hydrogens is 266 g/mol. The van der Waals surface area contributed by atoms with E-state index in [0.717, 1.165) is 30.0 Å². The van der Waals surface area contributed by atoms with Gasteiger partial charge in [-0.05, 0) is 32.5 Å². The van der Waals surface area contributed by atoms with Gasteiger partial charge >= 0.3 is 0 Å². The molecule has 0 aliphatic carbocycles. The highest BCUT2D eigenvalue weighted by molar-refractivity contribution is 6.03. The molecule has 2 rings (SSSR count). The van der Waals surface area contributed by atoms with Gasteiger partial charge in [-0.2, -0.15) is 0 Å². The SMILES string of the molecule is CCNC1C(=O)Nc2cc(N(CC)C(C)COC)ccc21. The zero-order chi connectivity index (χ0) is 15.4. The Bertz CT molecular complexity index is 504. The first-order valence-electron chi connectivity index (χ1n) is 7.56. The number of hydrogen-bond acceptors (Lipinski definition) is 4. The van der Waals surface area contributed by atoms with Gasteiger partial charge in [0.2, 0.25) is 5.91 Å². The molecule has 116 valence electrons. The number of rotatable bonds is 7. The van der Waals surface area contributed by atoms with Crippen LogP contribution in [0.5, 0.6) is 0 Å². The molecule has 2 unspecified atom stereocenters. The van der Waals surface area contributed by atoms with E-state index in [1.165, 1.54) is 0 Å². The average molecular weight is 291 g/mol. The number of nitrogens with one attached hydrogen (secondary N) is 2. The molecule has 5 nitrogen and oxygen atoms in total. The van der Waals surface area contributed by atoms with Crippen LogP contribution in [0.25, 0.3) is 0 Å². The second-order valence-corrected chi connectivity index (χ2v) is 5.34. The fourth-order valence-corrected chi connectivity index (χ4v) is 2.92. The summed E-state index contributed by atoms with van der Waals surface area (Å²) in [4.78, 5) is 14.3. The highest BCUT2D eigenvalue weighted by Gasteiger charge is 2.30. The normalized spacial score (nSPS) is 18.3. The second-order valence-electron chi connectivity index (χ2n) is 5.34. The molecule has 5 heteroatoms. The maximum atomic E-state index is 12.0. The minimum Gasteiger partial charge on any atom is -0.383 e. The van der Waals surface area contributed by atoms with Crippen LogP contribution in [-0.4, -0.2) is 38.8 Å². The number of benzene rings is 1. The summed E-state index contributed by atoms with van der Waals surface area (Å²) in [6, 6.07) is 6.24. The molecule has 1 aliphatic heterocycles. The third-order valence-corrected chi connectivity index (χ3v) is 3.89. The molecule has 0 saturated carbocycles. The predicted octanol–water partition coefficient (Wildman–Crippen LogP) is 2.15. The van der Waals surface area contributed by atoms with E-state index in [1.807, 2.05) is 13.0 Å².